The van der Waals surface area contributed by atoms with Gasteiger partial charge in [0.1, 0.15) is 0 Å². The number of nitrogens with two attached hydrogens (primary N) is 1. The predicted octanol–water partition coefficient (Wildman–Crippen LogP) is 0.806. The highest BCUT2D eigenvalue weighted by atomic mass is 32.2. The maximum atomic E-state index is 12.5. The van der Waals surface area contributed by atoms with Crippen LogP contribution in [-0.4, -0.2) is 24.0 Å². The Kier molecular flexibility index (Phi) is 3.56. The topological polar surface area (TPSA) is 90.0 Å². The molecular formula is C14H18N4O2S. The standard InChI is InChI=1S/C14H18N4O2S/c1-2-18-9-16-8-13(18)21(19,20)17-12-7-10-5-3-4-6-11(10)14(12)15/h3-6,8-9,12,14,17H,2,7,15H2,1H3/t12-,14-/m1/s1. The number of hydrogen-bond donors (Lipinski definition) is 2. The van der Waals surface area contributed by atoms with E-state index in [-0.39, 0.29) is 17.1 Å². The Morgan fingerprint density at radius 2 is 2.19 bits per heavy atom. The lowest BCUT2D eigenvalue weighted by atomic mass is 10.1. The minimum atomic E-state index is -3.62. The summed E-state index contributed by atoms with van der Waals surface area (Å²) in [5.41, 5.74) is 8.28. The Balaban J connectivity index is 1.85. The minimum Gasteiger partial charge on any atom is -0.323 e. The highest BCUT2D eigenvalue weighted by Gasteiger charge is 2.33. The van der Waals surface area contributed by atoms with Crippen molar-refractivity contribution in [1.82, 2.24) is 14.3 Å². The van der Waals surface area contributed by atoms with Crippen LogP contribution in [0, 0.1) is 0 Å². The molecule has 2 aromatic rings. The summed E-state index contributed by atoms with van der Waals surface area (Å²) in [6.07, 6.45) is 3.48. The van der Waals surface area contributed by atoms with E-state index in [2.05, 4.69) is 9.71 Å². The van der Waals surface area contributed by atoms with Crippen LogP contribution in [0.25, 0.3) is 0 Å². The third-order valence-corrected chi connectivity index (χ3v) is 5.39. The summed E-state index contributed by atoms with van der Waals surface area (Å²) in [5, 5.41) is 0.174. The van der Waals surface area contributed by atoms with Crippen LogP contribution < -0.4 is 10.5 Å². The maximum absolute atomic E-state index is 12.5. The molecule has 0 amide bonds. The summed E-state index contributed by atoms with van der Waals surface area (Å²) in [5.74, 6) is 0. The second-order valence-electron chi connectivity index (χ2n) is 5.17. The number of benzene rings is 1. The van der Waals surface area contributed by atoms with E-state index in [0.29, 0.717) is 13.0 Å². The lowest BCUT2D eigenvalue weighted by molar-refractivity contribution is 0.507. The van der Waals surface area contributed by atoms with Crippen LogP contribution in [0.1, 0.15) is 24.1 Å². The van der Waals surface area contributed by atoms with Gasteiger partial charge in [0.25, 0.3) is 10.0 Å². The first-order valence-corrected chi connectivity index (χ1v) is 8.37. The van der Waals surface area contributed by atoms with Crippen molar-refractivity contribution in [2.24, 2.45) is 5.73 Å². The summed E-state index contributed by atoms with van der Waals surface area (Å²) >= 11 is 0. The van der Waals surface area contributed by atoms with Gasteiger partial charge in [0, 0.05) is 18.6 Å². The van der Waals surface area contributed by atoms with E-state index in [1.165, 1.54) is 12.5 Å². The largest absolute Gasteiger partial charge is 0.323 e. The normalized spacial score (nSPS) is 21.4. The van der Waals surface area contributed by atoms with Gasteiger partial charge < -0.3 is 10.3 Å². The summed E-state index contributed by atoms with van der Waals surface area (Å²) < 4.78 is 29.3. The lowest BCUT2D eigenvalue weighted by Gasteiger charge is -2.18. The first-order valence-electron chi connectivity index (χ1n) is 6.88. The minimum absolute atomic E-state index is 0.174. The van der Waals surface area contributed by atoms with Crippen molar-refractivity contribution in [3.63, 3.8) is 0 Å². The van der Waals surface area contributed by atoms with Crippen LogP contribution in [0.2, 0.25) is 0 Å². The molecule has 0 saturated heterocycles. The van der Waals surface area contributed by atoms with Gasteiger partial charge in [0.2, 0.25) is 0 Å². The average Bonchev–Trinajstić information content (AvgIpc) is 3.05. The molecule has 1 heterocycles. The molecule has 0 bridgehead atoms. The van der Waals surface area contributed by atoms with E-state index < -0.39 is 10.0 Å². The summed E-state index contributed by atoms with van der Waals surface area (Å²) in [7, 11) is -3.62. The Bertz CT molecular complexity index is 754. The SMILES string of the molecule is CCn1cncc1S(=O)(=O)N[C@@H]1Cc2ccccc2[C@H]1N. The zero-order valence-electron chi connectivity index (χ0n) is 11.7. The van der Waals surface area contributed by atoms with Crippen molar-refractivity contribution in [2.45, 2.75) is 37.0 Å². The second-order valence-corrected chi connectivity index (χ2v) is 6.84. The zero-order valence-corrected chi connectivity index (χ0v) is 12.5. The molecule has 0 unspecified atom stereocenters. The van der Waals surface area contributed by atoms with Crippen LogP contribution in [0.3, 0.4) is 0 Å². The molecule has 6 nitrogen and oxygen atoms in total. The van der Waals surface area contributed by atoms with Gasteiger partial charge in [0.05, 0.1) is 12.5 Å². The molecule has 0 fully saturated rings. The molecule has 0 saturated carbocycles. The first kappa shape index (κ1) is 14.2. The van der Waals surface area contributed by atoms with Crippen LogP contribution in [0.4, 0.5) is 0 Å². The van der Waals surface area contributed by atoms with Crippen LogP contribution >= 0.6 is 0 Å². The number of sulfonamides is 1. The highest BCUT2D eigenvalue weighted by Crippen LogP contribution is 2.30. The monoisotopic (exact) mass is 306 g/mol. The predicted molar refractivity (Wildman–Crippen MR) is 79.1 cm³/mol. The van der Waals surface area contributed by atoms with Gasteiger partial charge in [-0.3, -0.25) is 0 Å². The number of hydrogen-bond acceptors (Lipinski definition) is 4. The molecule has 0 aliphatic heterocycles. The fourth-order valence-electron chi connectivity index (χ4n) is 2.77. The molecule has 1 aromatic heterocycles. The van der Waals surface area contributed by atoms with E-state index in [4.69, 9.17) is 5.73 Å². The number of nitrogens with zero attached hydrogens (tertiary/aromatic N) is 2. The number of aryl methyl sites for hydroxylation is 1. The highest BCUT2D eigenvalue weighted by molar-refractivity contribution is 7.89. The maximum Gasteiger partial charge on any atom is 0.258 e. The van der Waals surface area contributed by atoms with Crippen molar-refractivity contribution in [1.29, 1.82) is 0 Å². The second kappa shape index (κ2) is 5.25. The molecule has 21 heavy (non-hydrogen) atoms. The third-order valence-electron chi connectivity index (χ3n) is 3.88. The third kappa shape index (κ3) is 2.48. The van der Waals surface area contributed by atoms with Crippen LogP contribution in [0.5, 0.6) is 0 Å². The summed E-state index contributed by atoms with van der Waals surface area (Å²) in [6, 6.07) is 7.14. The van der Waals surface area contributed by atoms with Gasteiger partial charge in [-0.05, 0) is 24.5 Å². The fraction of sp³-hybridized carbons (Fsp3) is 0.357. The van der Waals surface area contributed by atoms with Gasteiger partial charge in [-0.2, -0.15) is 0 Å². The molecule has 112 valence electrons. The molecule has 2 atom stereocenters. The summed E-state index contributed by atoms with van der Waals surface area (Å²) in [6.45, 7) is 2.42. The Morgan fingerprint density at radius 3 is 2.90 bits per heavy atom. The molecule has 7 heteroatoms. The van der Waals surface area contributed by atoms with Crippen molar-refractivity contribution < 1.29 is 8.42 Å². The van der Waals surface area contributed by atoms with E-state index in [1.54, 1.807) is 4.57 Å². The molecule has 3 N–H and O–H groups in total. The zero-order chi connectivity index (χ0) is 15.0. The molecule has 0 spiro atoms. The van der Waals surface area contributed by atoms with E-state index in [0.717, 1.165) is 11.1 Å². The van der Waals surface area contributed by atoms with Gasteiger partial charge in [-0.1, -0.05) is 24.3 Å². The number of aromatic nitrogens is 2. The number of rotatable bonds is 4. The molecule has 1 aliphatic rings. The van der Waals surface area contributed by atoms with Gasteiger partial charge in [-0.25, -0.2) is 18.1 Å². The van der Waals surface area contributed by atoms with Gasteiger partial charge in [-0.15, -0.1) is 0 Å². The lowest BCUT2D eigenvalue weighted by Crippen LogP contribution is -2.41. The quantitative estimate of drug-likeness (QED) is 0.874. The Morgan fingerprint density at radius 1 is 1.43 bits per heavy atom. The van der Waals surface area contributed by atoms with E-state index in [1.807, 2.05) is 31.2 Å². The first-order chi connectivity index (χ1) is 10.0. The molecule has 1 aromatic carbocycles. The van der Waals surface area contributed by atoms with Crippen LogP contribution in [-0.2, 0) is 23.0 Å². The number of imidazole rings is 1. The Hall–Kier alpha value is -1.70. The molecule has 0 radical (unpaired) electrons. The van der Waals surface area contributed by atoms with Crippen LogP contribution in [0.15, 0.2) is 41.8 Å². The number of fused-ring (bicyclic) bond motifs is 1. The van der Waals surface area contributed by atoms with Crippen molar-refractivity contribution in [3.05, 3.63) is 47.9 Å². The molecule has 1 aliphatic carbocycles. The van der Waals surface area contributed by atoms with E-state index >= 15 is 0 Å². The van der Waals surface area contributed by atoms with Crippen molar-refractivity contribution in [3.8, 4) is 0 Å². The summed E-state index contributed by atoms with van der Waals surface area (Å²) in [4.78, 5) is 3.90. The van der Waals surface area contributed by atoms with Gasteiger partial charge in [0.15, 0.2) is 5.03 Å². The molecule has 3 rings (SSSR count). The van der Waals surface area contributed by atoms with Gasteiger partial charge >= 0.3 is 0 Å². The Labute approximate surface area is 124 Å². The van der Waals surface area contributed by atoms with Crippen molar-refractivity contribution in [2.75, 3.05) is 0 Å². The smallest absolute Gasteiger partial charge is 0.258 e. The number of nitrogens with one attached hydrogen (secondary N) is 1. The molecular weight excluding hydrogens is 288 g/mol. The fourth-order valence-corrected chi connectivity index (χ4v) is 4.20. The van der Waals surface area contributed by atoms with E-state index in [9.17, 15) is 8.42 Å². The average molecular weight is 306 g/mol. The van der Waals surface area contributed by atoms with Crippen molar-refractivity contribution >= 4 is 10.0 Å².